The largest absolute Gasteiger partial charge is 0.481 e. The number of carboxylic acid groups (broad SMARTS) is 2. The summed E-state index contributed by atoms with van der Waals surface area (Å²) in [5, 5.41) is 32.0. The van der Waals surface area contributed by atoms with Crippen LogP contribution in [0.1, 0.15) is 39.0 Å². The van der Waals surface area contributed by atoms with Crippen LogP contribution in [0.5, 0.6) is 0 Å². The molecule has 4 amide bonds. The topological polar surface area (TPSA) is 242 Å². The number of hydrogen-bond donors (Lipinski definition) is 7. The number of nitrogens with one attached hydrogen (secondary N) is 2. The lowest BCUT2D eigenvalue weighted by Gasteiger charge is -2.30. The van der Waals surface area contributed by atoms with E-state index in [2.05, 4.69) is 10.6 Å². The van der Waals surface area contributed by atoms with Crippen molar-refractivity contribution in [1.82, 2.24) is 15.5 Å². The summed E-state index contributed by atoms with van der Waals surface area (Å²) in [6, 6.07) is -5.37. The lowest BCUT2D eigenvalue weighted by Crippen LogP contribution is -2.58. The van der Waals surface area contributed by atoms with Crippen molar-refractivity contribution in [1.29, 1.82) is 0 Å². The number of amides is 4. The molecule has 14 nitrogen and oxygen atoms in total. The molecular formula is C18H29N5O9. The first-order chi connectivity index (χ1) is 14.8. The van der Waals surface area contributed by atoms with E-state index in [9.17, 15) is 33.9 Å². The molecule has 1 saturated heterocycles. The number of carbonyl (C=O) groups excluding carboxylic acids is 4. The lowest BCUT2D eigenvalue weighted by molar-refractivity contribution is -0.146. The zero-order chi connectivity index (χ0) is 24.6. The van der Waals surface area contributed by atoms with Gasteiger partial charge in [0.05, 0.1) is 12.5 Å². The van der Waals surface area contributed by atoms with E-state index in [1.807, 2.05) is 0 Å². The van der Waals surface area contributed by atoms with E-state index in [4.69, 9.17) is 21.7 Å². The SMILES string of the molecule is CC(O)C(N)C(=O)NC(CCC(=O)O)C(=O)N1CCCC1C(=O)NC(CC(N)=O)C(=O)O. The molecule has 0 saturated carbocycles. The first kappa shape index (κ1) is 26.8. The molecule has 0 aromatic carbocycles. The van der Waals surface area contributed by atoms with Gasteiger partial charge in [-0.1, -0.05) is 0 Å². The molecule has 9 N–H and O–H groups in total. The predicted molar refractivity (Wildman–Crippen MR) is 107 cm³/mol. The average molecular weight is 459 g/mol. The summed E-state index contributed by atoms with van der Waals surface area (Å²) >= 11 is 0. The Balaban J connectivity index is 2.99. The summed E-state index contributed by atoms with van der Waals surface area (Å²) in [5.74, 6) is -6.10. The Morgan fingerprint density at radius 3 is 2.22 bits per heavy atom. The van der Waals surface area contributed by atoms with Crippen molar-refractivity contribution in [2.45, 2.75) is 69.3 Å². The van der Waals surface area contributed by atoms with Gasteiger partial charge in [-0.2, -0.15) is 0 Å². The Kier molecular flexibility index (Phi) is 10.00. The number of carbonyl (C=O) groups is 6. The zero-order valence-electron chi connectivity index (χ0n) is 17.5. The molecular weight excluding hydrogens is 430 g/mol. The molecule has 0 radical (unpaired) electrons. The molecule has 0 spiro atoms. The average Bonchev–Trinajstić information content (AvgIpc) is 3.18. The van der Waals surface area contributed by atoms with Crippen molar-refractivity contribution in [3.63, 3.8) is 0 Å². The quantitative estimate of drug-likeness (QED) is 0.152. The van der Waals surface area contributed by atoms with Gasteiger partial charge in [0.25, 0.3) is 0 Å². The number of carboxylic acids is 2. The second-order valence-corrected chi connectivity index (χ2v) is 7.52. The second kappa shape index (κ2) is 12.0. The van der Waals surface area contributed by atoms with Crippen LogP contribution in [0.4, 0.5) is 0 Å². The molecule has 0 bridgehead atoms. The molecule has 1 rings (SSSR count). The second-order valence-electron chi connectivity index (χ2n) is 7.52. The fourth-order valence-electron chi connectivity index (χ4n) is 3.18. The van der Waals surface area contributed by atoms with Crippen LogP contribution in [0, 0.1) is 0 Å². The minimum Gasteiger partial charge on any atom is -0.481 e. The Labute approximate surface area is 183 Å². The minimum absolute atomic E-state index is 0.104. The molecule has 14 heteroatoms. The smallest absolute Gasteiger partial charge is 0.326 e. The highest BCUT2D eigenvalue weighted by atomic mass is 16.4. The Bertz CT molecular complexity index is 757. The van der Waals surface area contributed by atoms with Crippen LogP contribution in [0.15, 0.2) is 0 Å². The number of aliphatic hydroxyl groups excluding tert-OH is 1. The van der Waals surface area contributed by atoms with Crippen LogP contribution >= 0.6 is 0 Å². The van der Waals surface area contributed by atoms with E-state index in [1.165, 1.54) is 6.92 Å². The van der Waals surface area contributed by atoms with E-state index in [0.717, 1.165) is 4.90 Å². The standard InChI is InChI=1S/C18H29N5O9/c1-8(24)14(20)16(29)21-9(4-5-13(26)27)17(30)23-6-2-3-11(23)15(28)22-10(18(31)32)7-12(19)25/h8-11,14,24H,2-7,20H2,1H3,(H2,19,25)(H,21,29)(H,22,28)(H,26,27)(H,31,32). The number of nitrogens with zero attached hydrogens (tertiary/aromatic N) is 1. The van der Waals surface area contributed by atoms with Gasteiger partial charge in [-0.25, -0.2) is 4.79 Å². The number of aliphatic hydroxyl groups is 1. The molecule has 0 aromatic heterocycles. The van der Waals surface area contributed by atoms with E-state index in [-0.39, 0.29) is 19.4 Å². The first-order valence-corrected chi connectivity index (χ1v) is 9.92. The van der Waals surface area contributed by atoms with E-state index in [1.54, 1.807) is 0 Å². The first-order valence-electron chi connectivity index (χ1n) is 9.92. The molecule has 32 heavy (non-hydrogen) atoms. The van der Waals surface area contributed by atoms with Gasteiger partial charge in [0.1, 0.15) is 24.2 Å². The van der Waals surface area contributed by atoms with Crippen LogP contribution in [0.2, 0.25) is 0 Å². The molecule has 1 fully saturated rings. The third-order valence-corrected chi connectivity index (χ3v) is 4.94. The van der Waals surface area contributed by atoms with Gasteiger partial charge in [0.15, 0.2) is 0 Å². The van der Waals surface area contributed by atoms with Crippen LogP contribution in [-0.4, -0.2) is 92.6 Å². The maximum absolute atomic E-state index is 13.0. The molecule has 5 atom stereocenters. The number of hydrogen-bond acceptors (Lipinski definition) is 8. The molecule has 5 unspecified atom stereocenters. The van der Waals surface area contributed by atoms with E-state index in [0.29, 0.717) is 6.42 Å². The van der Waals surface area contributed by atoms with Crippen molar-refractivity contribution in [3.8, 4) is 0 Å². The van der Waals surface area contributed by atoms with Crippen LogP contribution in [-0.2, 0) is 28.8 Å². The van der Waals surface area contributed by atoms with Gasteiger partial charge in [-0.15, -0.1) is 0 Å². The van der Waals surface area contributed by atoms with Crippen molar-refractivity contribution in [2.75, 3.05) is 6.54 Å². The van der Waals surface area contributed by atoms with Gasteiger partial charge < -0.3 is 42.3 Å². The van der Waals surface area contributed by atoms with Gasteiger partial charge in [0.2, 0.25) is 23.6 Å². The Morgan fingerprint density at radius 2 is 1.72 bits per heavy atom. The maximum atomic E-state index is 13.0. The fraction of sp³-hybridized carbons (Fsp3) is 0.667. The number of rotatable bonds is 12. The third-order valence-electron chi connectivity index (χ3n) is 4.94. The highest BCUT2D eigenvalue weighted by Crippen LogP contribution is 2.20. The molecule has 0 aliphatic carbocycles. The molecule has 180 valence electrons. The highest BCUT2D eigenvalue weighted by molar-refractivity contribution is 5.95. The van der Waals surface area contributed by atoms with Gasteiger partial charge in [0, 0.05) is 13.0 Å². The summed E-state index contributed by atoms with van der Waals surface area (Å²) < 4.78 is 0. The number of likely N-dealkylation sites (tertiary alicyclic amines) is 1. The zero-order valence-corrected chi connectivity index (χ0v) is 17.5. The van der Waals surface area contributed by atoms with Crippen molar-refractivity contribution < 1.29 is 44.1 Å². The van der Waals surface area contributed by atoms with Crippen LogP contribution in [0.3, 0.4) is 0 Å². The number of primary amides is 1. The highest BCUT2D eigenvalue weighted by Gasteiger charge is 2.39. The molecule has 1 aliphatic heterocycles. The minimum atomic E-state index is -1.58. The van der Waals surface area contributed by atoms with Gasteiger partial charge in [-0.3, -0.25) is 24.0 Å². The molecule has 1 aliphatic rings. The molecule has 0 aromatic rings. The summed E-state index contributed by atoms with van der Waals surface area (Å²) in [6.07, 6.45) is -2.05. The third kappa shape index (κ3) is 7.77. The van der Waals surface area contributed by atoms with Crippen molar-refractivity contribution >= 4 is 35.6 Å². The van der Waals surface area contributed by atoms with E-state index < -0.39 is 78.7 Å². The van der Waals surface area contributed by atoms with Crippen LogP contribution in [0.25, 0.3) is 0 Å². The number of nitrogens with two attached hydrogens (primary N) is 2. The van der Waals surface area contributed by atoms with Gasteiger partial charge >= 0.3 is 11.9 Å². The van der Waals surface area contributed by atoms with E-state index >= 15 is 0 Å². The summed E-state index contributed by atoms with van der Waals surface area (Å²) in [5.41, 5.74) is 10.5. The monoisotopic (exact) mass is 459 g/mol. The lowest BCUT2D eigenvalue weighted by atomic mass is 10.1. The fourth-order valence-corrected chi connectivity index (χ4v) is 3.18. The summed E-state index contributed by atoms with van der Waals surface area (Å²) in [6.45, 7) is 1.37. The summed E-state index contributed by atoms with van der Waals surface area (Å²) in [7, 11) is 0. The maximum Gasteiger partial charge on any atom is 0.326 e. The molecule has 1 heterocycles. The number of aliphatic carboxylic acids is 2. The Morgan fingerprint density at radius 1 is 1.09 bits per heavy atom. The normalized spacial score (nSPS) is 19.3. The van der Waals surface area contributed by atoms with Gasteiger partial charge in [-0.05, 0) is 26.2 Å². The predicted octanol–water partition coefficient (Wildman–Crippen LogP) is -3.52. The summed E-state index contributed by atoms with van der Waals surface area (Å²) in [4.78, 5) is 72.2. The van der Waals surface area contributed by atoms with Crippen molar-refractivity contribution in [3.05, 3.63) is 0 Å². The Hall–Kier alpha value is -3.26. The van der Waals surface area contributed by atoms with Crippen LogP contribution < -0.4 is 22.1 Å². The van der Waals surface area contributed by atoms with Crippen molar-refractivity contribution in [2.24, 2.45) is 11.5 Å².